The molecular formula is C19H15ClN2OS. The van der Waals surface area contributed by atoms with E-state index in [9.17, 15) is 10.1 Å². The summed E-state index contributed by atoms with van der Waals surface area (Å²) in [5, 5.41) is 13.7. The highest BCUT2D eigenvalue weighted by Crippen LogP contribution is 2.37. The van der Waals surface area contributed by atoms with E-state index in [1.54, 1.807) is 6.07 Å². The summed E-state index contributed by atoms with van der Waals surface area (Å²) in [6.07, 6.45) is 0.263. The molecule has 1 amide bonds. The van der Waals surface area contributed by atoms with Crippen molar-refractivity contribution in [3.63, 3.8) is 0 Å². The largest absolute Gasteiger partial charge is 0.320 e. The van der Waals surface area contributed by atoms with E-state index in [1.165, 1.54) is 11.8 Å². The zero-order valence-corrected chi connectivity index (χ0v) is 14.4. The zero-order valence-electron chi connectivity index (χ0n) is 12.8. The lowest BCUT2D eigenvalue weighted by molar-refractivity contribution is -0.120. The number of carbonyl (C=O) groups is 1. The summed E-state index contributed by atoms with van der Waals surface area (Å²) in [7, 11) is 0. The van der Waals surface area contributed by atoms with Crippen LogP contribution in [-0.2, 0) is 10.5 Å². The SMILES string of the molecule is N#CC1=C(SCc2ccccc2)NC(=O)C[C@@H]1c1cccc(Cl)c1. The van der Waals surface area contributed by atoms with E-state index in [0.717, 1.165) is 11.1 Å². The molecule has 0 radical (unpaired) electrons. The molecule has 0 aromatic heterocycles. The molecule has 0 unspecified atom stereocenters. The van der Waals surface area contributed by atoms with Crippen LogP contribution in [0.2, 0.25) is 5.02 Å². The molecule has 1 aliphatic heterocycles. The van der Waals surface area contributed by atoms with Crippen molar-refractivity contribution in [2.24, 2.45) is 0 Å². The van der Waals surface area contributed by atoms with Gasteiger partial charge in [0.05, 0.1) is 16.7 Å². The Kier molecular flexibility index (Phi) is 5.24. The maximum atomic E-state index is 12.1. The molecular weight excluding hydrogens is 340 g/mol. The molecule has 5 heteroatoms. The van der Waals surface area contributed by atoms with Crippen molar-refractivity contribution in [1.29, 1.82) is 5.26 Å². The summed E-state index contributed by atoms with van der Waals surface area (Å²) in [4.78, 5) is 12.1. The average molecular weight is 355 g/mol. The number of halogens is 1. The van der Waals surface area contributed by atoms with Crippen LogP contribution in [0.5, 0.6) is 0 Å². The fourth-order valence-corrected chi connectivity index (χ4v) is 3.90. The molecule has 0 spiro atoms. The number of rotatable bonds is 4. The van der Waals surface area contributed by atoms with Crippen molar-refractivity contribution in [2.45, 2.75) is 18.1 Å². The van der Waals surface area contributed by atoms with Crippen LogP contribution in [0.15, 0.2) is 65.2 Å². The standard InChI is InChI=1S/C19H15ClN2OS/c20-15-8-4-7-14(9-15)16-10-18(23)22-19(17(16)11-21)24-12-13-5-2-1-3-6-13/h1-9,16H,10,12H2,(H,22,23)/t16-/m1/s1. The molecule has 0 fully saturated rings. The number of hydrogen-bond donors (Lipinski definition) is 1. The van der Waals surface area contributed by atoms with E-state index < -0.39 is 0 Å². The van der Waals surface area contributed by atoms with E-state index in [0.29, 0.717) is 21.4 Å². The molecule has 3 rings (SSSR count). The van der Waals surface area contributed by atoms with Crippen LogP contribution in [0.1, 0.15) is 23.5 Å². The van der Waals surface area contributed by atoms with Gasteiger partial charge in [-0.05, 0) is 23.3 Å². The molecule has 0 saturated heterocycles. The number of thioether (sulfide) groups is 1. The molecule has 120 valence electrons. The Hall–Kier alpha value is -2.22. The van der Waals surface area contributed by atoms with Crippen molar-refractivity contribution >= 4 is 29.3 Å². The maximum absolute atomic E-state index is 12.1. The highest BCUT2D eigenvalue weighted by molar-refractivity contribution is 8.02. The lowest BCUT2D eigenvalue weighted by atomic mass is 9.87. The molecule has 1 aliphatic rings. The van der Waals surface area contributed by atoms with Crippen molar-refractivity contribution in [1.82, 2.24) is 5.32 Å². The van der Waals surface area contributed by atoms with Gasteiger partial charge in [-0.3, -0.25) is 4.79 Å². The van der Waals surface area contributed by atoms with Gasteiger partial charge in [0.2, 0.25) is 5.91 Å². The first kappa shape index (κ1) is 16.6. The molecule has 2 aromatic rings. The number of benzene rings is 2. The van der Waals surface area contributed by atoms with Gasteiger partial charge in [0.15, 0.2) is 0 Å². The number of nitrogens with zero attached hydrogens (tertiary/aromatic N) is 1. The number of hydrogen-bond acceptors (Lipinski definition) is 3. The van der Waals surface area contributed by atoms with Crippen LogP contribution >= 0.6 is 23.4 Å². The predicted molar refractivity (Wildman–Crippen MR) is 97.3 cm³/mol. The third kappa shape index (κ3) is 3.81. The lowest BCUT2D eigenvalue weighted by Gasteiger charge is -2.25. The molecule has 3 nitrogen and oxygen atoms in total. The van der Waals surface area contributed by atoms with E-state index in [2.05, 4.69) is 11.4 Å². The lowest BCUT2D eigenvalue weighted by Crippen LogP contribution is -2.30. The quantitative estimate of drug-likeness (QED) is 0.872. The van der Waals surface area contributed by atoms with E-state index >= 15 is 0 Å². The molecule has 2 aromatic carbocycles. The highest BCUT2D eigenvalue weighted by atomic mass is 35.5. The Labute approximate surface area is 150 Å². The van der Waals surface area contributed by atoms with E-state index in [1.807, 2.05) is 48.5 Å². The number of nitriles is 1. The van der Waals surface area contributed by atoms with Gasteiger partial charge in [-0.15, -0.1) is 11.8 Å². The van der Waals surface area contributed by atoms with Gasteiger partial charge in [0.1, 0.15) is 0 Å². The minimum Gasteiger partial charge on any atom is -0.320 e. The predicted octanol–water partition coefficient (Wildman–Crippen LogP) is 4.61. The Morgan fingerprint density at radius 3 is 2.71 bits per heavy atom. The fourth-order valence-electron chi connectivity index (χ4n) is 2.67. The molecule has 0 aliphatic carbocycles. The van der Waals surface area contributed by atoms with Gasteiger partial charge in [-0.2, -0.15) is 5.26 Å². The average Bonchev–Trinajstić information content (AvgIpc) is 2.60. The summed E-state index contributed by atoms with van der Waals surface area (Å²) in [5.74, 6) is 0.374. The second kappa shape index (κ2) is 7.57. The Balaban J connectivity index is 1.89. The highest BCUT2D eigenvalue weighted by Gasteiger charge is 2.29. The van der Waals surface area contributed by atoms with Gasteiger partial charge in [0.25, 0.3) is 0 Å². The van der Waals surface area contributed by atoms with Gasteiger partial charge in [0, 0.05) is 23.1 Å². The van der Waals surface area contributed by atoms with Crippen LogP contribution in [-0.4, -0.2) is 5.91 Å². The summed E-state index contributed by atoms with van der Waals surface area (Å²) >= 11 is 7.55. The smallest absolute Gasteiger partial charge is 0.225 e. The second-order valence-electron chi connectivity index (χ2n) is 5.49. The molecule has 0 bridgehead atoms. The first-order chi connectivity index (χ1) is 11.7. The van der Waals surface area contributed by atoms with Gasteiger partial charge >= 0.3 is 0 Å². The Bertz CT molecular complexity index is 827. The van der Waals surface area contributed by atoms with Gasteiger partial charge in [-0.1, -0.05) is 54.1 Å². The minimum atomic E-state index is -0.249. The summed E-state index contributed by atoms with van der Waals surface area (Å²) in [5.41, 5.74) is 2.64. The zero-order chi connectivity index (χ0) is 16.9. The van der Waals surface area contributed by atoms with Crippen molar-refractivity contribution in [3.8, 4) is 6.07 Å². The van der Waals surface area contributed by atoms with Crippen molar-refractivity contribution in [2.75, 3.05) is 0 Å². The molecule has 1 N–H and O–H groups in total. The van der Waals surface area contributed by atoms with Crippen molar-refractivity contribution in [3.05, 3.63) is 81.3 Å². The van der Waals surface area contributed by atoms with Crippen LogP contribution in [0.25, 0.3) is 0 Å². The normalized spacial score (nSPS) is 17.3. The maximum Gasteiger partial charge on any atom is 0.225 e. The van der Waals surface area contributed by atoms with Crippen LogP contribution < -0.4 is 5.32 Å². The molecule has 0 saturated carbocycles. The third-order valence-electron chi connectivity index (χ3n) is 3.83. The van der Waals surface area contributed by atoms with Crippen LogP contribution in [0.3, 0.4) is 0 Å². The number of nitrogens with one attached hydrogen (secondary N) is 1. The number of allylic oxidation sites excluding steroid dienone is 1. The van der Waals surface area contributed by atoms with Crippen LogP contribution in [0.4, 0.5) is 0 Å². The van der Waals surface area contributed by atoms with Crippen LogP contribution in [0, 0.1) is 11.3 Å². The van der Waals surface area contributed by atoms with Crippen molar-refractivity contribution < 1.29 is 4.79 Å². The Morgan fingerprint density at radius 1 is 1.21 bits per heavy atom. The Morgan fingerprint density at radius 2 is 2.00 bits per heavy atom. The first-order valence-corrected chi connectivity index (χ1v) is 8.90. The van der Waals surface area contributed by atoms with Gasteiger partial charge < -0.3 is 5.32 Å². The second-order valence-corrected chi connectivity index (χ2v) is 6.91. The molecule has 1 heterocycles. The monoisotopic (exact) mass is 354 g/mol. The third-order valence-corrected chi connectivity index (χ3v) is 5.16. The molecule has 24 heavy (non-hydrogen) atoms. The number of amides is 1. The minimum absolute atomic E-state index is 0.0745. The van der Waals surface area contributed by atoms with E-state index in [-0.39, 0.29) is 18.2 Å². The topological polar surface area (TPSA) is 52.9 Å². The van der Waals surface area contributed by atoms with Gasteiger partial charge in [-0.25, -0.2) is 0 Å². The fraction of sp³-hybridized carbons (Fsp3) is 0.158. The first-order valence-electron chi connectivity index (χ1n) is 7.53. The summed E-state index contributed by atoms with van der Waals surface area (Å²) in [6.45, 7) is 0. The summed E-state index contributed by atoms with van der Waals surface area (Å²) < 4.78 is 0. The van der Waals surface area contributed by atoms with E-state index in [4.69, 9.17) is 11.6 Å². The number of carbonyl (C=O) groups excluding carboxylic acids is 1. The summed E-state index contributed by atoms with van der Waals surface area (Å²) in [6, 6.07) is 19.6. The molecule has 1 atom stereocenters.